The van der Waals surface area contributed by atoms with Crippen molar-refractivity contribution in [3.63, 3.8) is 0 Å². The molecule has 0 saturated heterocycles. The highest BCUT2D eigenvalue weighted by Crippen LogP contribution is 2.61. The van der Waals surface area contributed by atoms with Gasteiger partial charge in [0.2, 0.25) is 5.88 Å². The summed E-state index contributed by atoms with van der Waals surface area (Å²) in [6.07, 6.45) is 18.7. The molecule has 0 aliphatic heterocycles. The maximum Gasteiger partial charge on any atom is 0.472 e. The Morgan fingerprint density at radius 2 is 1.48 bits per heavy atom. The molecule has 2 rings (SSSR count). The number of aromatic nitrogens is 1. The van der Waals surface area contributed by atoms with Gasteiger partial charge in [-0.2, -0.15) is 5.26 Å². The Bertz CT molecular complexity index is 1130. The Kier molecular flexibility index (Phi) is 19.1. The van der Waals surface area contributed by atoms with Gasteiger partial charge in [0.05, 0.1) is 13.2 Å². The number of hydrogen-bond acceptors (Lipinski definition) is 10. The summed E-state index contributed by atoms with van der Waals surface area (Å²) in [4.78, 5) is 14.7. The number of hydrogen-bond donors (Lipinski definition) is 2. The Balaban J connectivity index is 1.70. The van der Waals surface area contributed by atoms with E-state index in [4.69, 9.17) is 28.0 Å². The van der Waals surface area contributed by atoms with Gasteiger partial charge >= 0.3 is 7.82 Å². The summed E-state index contributed by atoms with van der Waals surface area (Å²) < 4.78 is 46.5. The zero-order chi connectivity index (χ0) is 35.5. The largest absolute Gasteiger partial charge is 0.472 e. The summed E-state index contributed by atoms with van der Waals surface area (Å²) in [6.45, 7) is 8.83. The molecule has 0 radical (unpaired) electrons. The molecule has 0 amide bonds. The normalized spacial score (nSPS) is 22.6. The van der Waals surface area contributed by atoms with Crippen LogP contribution >= 0.6 is 7.82 Å². The lowest BCUT2D eigenvalue weighted by atomic mass is 10.0. The van der Waals surface area contributed by atoms with Gasteiger partial charge in [0.25, 0.3) is 0 Å². The van der Waals surface area contributed by atoms with Crippen molar-refractivity contribution in [3.8, 4) is 11.9 Å². The third-order valence-electron chi connectivity index (χ3n) is 9.12. The van der Waals surface area contributed by atoms with Crippen molar-refractivity contribution in [2.45, 2.75) is 167 Å². The average molecular weight is 699 g/mol. The molecule has 0 spiro atoms. The second kappa shape index (κ2) is 21.6. The molecule has 11 nitrogen and oxygen atoms in total. The van der Waals surface area contributed by atoms with E-state index in [9.17, 15) is 19.8 Å². The number of aliphatic hydroxyl groups is 1. The Morgan fingerprint density at radius 1 is 0.938 bits per heavy atom. The molecular formula is C36H63N2O9P. The maximum absolute atomic E-state index is 12.9. The zero-order valence-corrected chi connectivity index (χ0v) is 31.3. The third-order valence-corrected chi connectivity index (χ3v) is 10.1. The van der Waals surface area contributed by atoms with E-state index in [0.29, 0.717) is 6.61 Å². The first kappa shape index (κ1) is 42.6. The first-order valence-corrected chi connectivity index (χ1v) is 19.5. The van der Waals surface area contributed by atoms with E-state index in [2.05, 4.69) is 11.9 Å². The molecule has 1 fully saturated rings. The van der Waals surface area contributed by atoms with Crippen LogP contribution in [0, 0.1) is 11.3 Å². The second-order valence-corrected chi connectivity index (χ2v) is 15.2. The van der Waals surface area contributed by atoms with Crippen molar-refractivity contribution >= 4 is 7.82 Å². The number of phosphoric ester groups is 1. The van der Waals surface area contributed by atoms with Gasteiger partial charge in [-0.1, -0.05) is 109 Å². The van der Waals surface area contributed by atoms with Crippen LogP contribution in [0.2, 0.25) is 0 Å². The highest BCUT2D eigenvalue weighted by atomic mass is 31.2. The molecule has 1 aromatic rings. The minimum atomic E-state index is -4.66. The smallest absolute Gasteiger partial charge is 0.469 e. The van der Waals surface area contributed by atoms with Crippen molar-refractivity contribution in [2.75, 3.05) is 26.9 Å². The number of ether oxygens (including phenoxy) is 4. The molecule has 0 bridgehead atoms. The van der Waals surface area contributed by atoms with Gasteiger partial charge in [0.15, 0.2) is 5.79 Å². The van der Waals surface area contributed by atoms with Crippen molar-refractivity contribution in [2.24, 2.45) is 0 Å². The van der Waals surface area contributed by atoms with Gasteiger partial charge in [0.1, 0.15) is 35.2 Å². The molecule has 276 valence electrons. The van der Waals surface area contributed by atoms with Crippen LogP contribution in [0.3, 0.4) is 0 Å². The fourth-order valence-corrected chi connectivity index (χ4v) is 6.84. The van der Waals surface area contributed by atoms with Crippen LogP contribution in [0.25, 0.3) is 0 Å². The number of phosphoric acid groups is 1. The first-order valence-electron chi connectivity index (χ1n) is 18.0. The zero-order valence-electron chi connectivity index (χ0n) is 30.4. The molecule has 48 heavy (non-hydrogen) atoms. The lowest BCUT2D eigenvalue weighted by molar-refractivity contribution is -0.243. The number of methoxy groups -OCH3 is 1. The molecule has 1 saturated carbocycles. The number of nitrogens with zero attached hydrogens (tertiary/aromatic N) is 2. The summed E-state index contributed by atoms with van der Waals surface area (Å²) in [5.74, 6) is -0.902. The van der Waals surface area contributed by atoms with E-state index >= 15 is 0 Å². The summed E-state index contributed by atoms with van der Waals surface area (Å²) in [6, 6.07) is 6.73. The number of unbranched alkanes of at least 4 members (excludes halogenated alkanes) is 15. The molecule has 1 aromatic heterocycles. The quantitative estimate of drug-likeness (QED) is 0.0472. The van der Waals surface area contributed by atoms with Gasteiger partial charge in [-0.15, -0.1) is 0 Å². The molecule has 0 aromatic carbocycles. The highest BCUT2D eigenvalue weighted by Gasteiger charge is 2.77. The number of rotatable bonds is 29. The lowest BCUT2D eigenvalue weighted by Gasteiger charge is -2.29. The average Bonchev–Trinajstić information content (AvgIpc) is 3.45. The topological polar surface area (TPSA) is 150 Å². The predicted octanol–water partition coefficient (Wildman–Crippen LogP) is 8.40. The van der Waals surface area contributed by atoms with Crippen LogP contribution in [0.4, 0.5) is 0 Å². The fraction of sp³-hybridized carbons (Fsp3) is 0.833. The van der Waals surface area contributed by atoms with E-state index in [1.54, 1.807) is 39.0 Å². The van der Waals surface area contributed by atoms with Crippen molar-refractivity contribution < 1.29 is 42.6 Å². The van der Waals surface area contributed by atoms with E-state index in [0.717, 1.165) is 19.3 Å². The van der Waals surface area contributed by atoms with E-state index in [-0.39, 0.29) is 24.8 Å². The summed E-state index contributed by atoms with van der Waals surface area (Å²) >= 11 is 0. The van der Waals surface area contributed by atoms with Gasteiger partial charge in [-0.25, -0.2) is 9.55 Å². The number of pyridine rings is 1. The standard InChI is InChI=1S/C36H63N2O9P/c1-7-8-9-10-11-12-13-14-15-16-17-18-19-20-21-22-26-43-28-31(45-32-25-23-24-30(27-37)38-32)29-44-48(40,41)46-33-35(4,39)36(33,5)47-34(2,3)42-6/h23-25,31,33,39H,7-22,26,28-29H2,1-6H3,(H,40,41)/t31-,33?,35-,36?/m1/s1. The van der Waals surface area contributed by atoms with E-state index in [1.807, 2.05) is 6.07 Å². The van der Waals surface area contributed by atoms with Crippen LogP contribution in [0.5, 0.6) is 5.88 Å². The van der Waals surface area contributed by atoms with Gasteiger partial charge in [-0.05, 0) is 40.2 Å². The Hall–Kier alpha value is -1.61. The van der Waals surface area contributed by atoms with Gasteiger partial charge in [-0.3, -0.25) is 9.05 Å². The lowest BCUT2D eigenvalue weighted by Crippen LogP contribution is -2.37. The van der Waals surface area contributed by atoms with Gasteiger partial charge in [0, 0.05) is 19.8 Å². The first-order chi connectivity index (χ1) is 22.8. The van der Waals surface area contributed by atoms with Crippen LogP contribution in [0.1, 0.15) is 143 Å². The minimum absolute atomic E-state index is 0.0706. The van der Waals surface area contributed by atoms with E-state index in [1.165, 1.54) is 97.5 Å². The van der Waals surface area contributed by atoms with Crippen molar-refractivity contribution in [1.29, 1.82) is 5.26 Å². The maximum atomic E-state index is 12.9. The Morgan fingerprint density at radius 3 is 2.00 bits per heavy atom. The van der Waals surface area contributed by atoms with Crippen LogP contribution < -0.4 is 4.74 Å². The van der Waals surface area contributed by atoms with E-state index < -0.39 is 37.0 Å². The summed E-state index contributed by atoms with van der Waals surface area (Å²) in [7, 11) is -3.20. The van der Waals surface area contributed by atoms with Gasteiger partial charge < -0.3 is 28.9 Å². The second-order valence-electron chi connectivity index (χ2n) is 13.8. The SMILES string of the molecule is CCCCCCCCCCCCCCCCCCOC[C@H](COP(=O)(O)OC1C(C)(OC(C)(C)OC)[C@]1(C)O)Oc1cccc(C#N)n1. The molecule has 1 aliphatic rings. The molecular weight excluding hydrogens is 635 g/mol. The third kappa shape index (κ3) is 15.5. The molecule has 1 aliphatic carbocycles. The van der Waals surface area contributed by atoms with Crippen molar-refractivity contribution in [3.05, 3.63) is 23.9 Å². The molecule has 2 N–H and O–H groups in total. The Labute approximate surface area is 289 Å². The monoisotopic (exact) mass is 698 g/mol. The minimum Gasteiger partial charge on any atom is -0.469 e. The molecule has 1 heterocycles. The molecule has 3 unspecified atom stereocenters. The summed E-state index contributed by atoms with van der Waals surface area (Å²) in [5, 5.41) is 20.0. The molecule has 12 heteroatoms. The molecule has 5 atom stereocenters. The fourth-order valence-electron chi connectivity index (χ4n) is 5.75. The van der Waals surface area contributed by atoms with Crippen LogP contribution in [-0.4, -0.2) is 71.1 Å². The predicted molar refractivity (Wildman–Crippen MR) is 186 cm³/mol. The number of nitriles is 1. The highest BCUT2D eigenvalue weighted by molar-refractivity contribution is 7.47. The summed E-state index contributed by atoms with van der Waals surface area (Å²) in [5.41, 5.74) is -2.69. The van der Waals surface area contributed by atoms with Crippen LogP contribution in [0.15, 0.2) is 18.2 Å². The van der Waals surface area contributed by atoms with Crippen molar-refractivity contribution in [1.82, 2.24) is 4.98 Å². The van der Waals surface area contributed by atoms with Crippen LogP contribution in [-0.2, 0) is 27.8 Å².